The topological polar surface area (TPSA) is 311 Å². The normalized spacial score (nSPS) is 17.9. The maximum absolute atomic E-state index is 13.5. The smallest absolute Gasteiger partial charge is 0.415 e. The summed E-state index contributed by atoms with van der Waals surface area (Å²) in [7, 11) is 0. The Bertz CT molecular complexity index is 2020. The van der Waals surface area contributed by atoms with Crippen molar-refractivity contribution in [2.75, 3.05) is 30.7 Å². The molecule has 0 aliphatic carbocycles. The molecule has 3 aliphatic heterocycles. The van der Waals surface area contributed by atoms with E-state index in [1.54, 1.807) is 31.2 Å². The number of nitrogens with one attached hydrogen (secondary N) is 5. The third-order valence-corrected chi connectivity index (χ3v) is 11.4. The van der Waals surface area contributed by atoms with E-state index in [0.29, 0.717) is 41.0 Å². The van der Waals surface area contributed by atoms with E-state index in [9.17, 15) is 53.4 Å². The van der Waals surface area contributed by atoms with Crippen LogP contribution >= 0.6 is 11.8 Å². The van der Waals surface area contributed by atoms with Crippen molar-refractivity contribution >= 4 is 77.3 Å². The molecule has 22 heteroatoms. The van der Waals surface area contributed by atoms with Crippen molar-refractivity contribution in [2.24, 2.45) is 11.7 Å². The minimum absolute atomic E-state index is 0.00426. The molecule has 9 amide bonds. The molecule has 0 saturated carbocycles. The second-order valence-corrected chi connectivity index (χ2v) is 16.2. The molecule has 1 aromatic rings. The van der Waals surface area contributed by atoms with Crippen LogP contribution in [0.3, 0.4) is 0 Å². The highest BCUT2D eigenvalue weighted by Gasteiger charge is 2.56. The molecule has 1 saturated heterocycles. The van der Waals surface area contributed by atoms with Gasteiger partial charge in [0.15, 0.2) is 0 Å². The number of amides is 9. The zero-order valence-electron chi connectivity index (χ0n) is 34.9. The van der Waals surface area contributed by atoms with Gasteiger partial charge in [0.25, 0.3) is 11.8 Å². The number of β-lactam (4-membered cyclic amide) rings is 1. The highest BCUT2D eigenvalue weighted by atomic mass is 32.2. The lowest BCUT2D eigenvalue weighted by molar-refractivity contribution is -0.161. The Morgan fingerprint density at radius 3 is 2.32 bits per heavy atom. The molecular weight excluding hydrogens is 843 g/mol. The van der Waals surface area contributed by atoms with Gasteiger partial charge < -0.3 is 46.9 Å². The van der Waals surface area contributed by atoms with E-state index in [1.165, 1.54) is 24.0 Å². The minimum Gasteiger partial charge on any atom is -0.477 e. The van der Waals surface area contributed by atoms with Crippen LogP contribution in [0.15, 0.2) is 59.2 Å². The van der Waals surface area contributed by atoms with E-state index < -0.39 is 71.9 Å². The predicted octanol–water partition coefficient (Wildman–Crippen LogP) is 1.29. The number of fused-ring (bicyclic) bond motifs is 1. The highest BCUT2D eigenvalue weighted by Crippen LogP contribution is 2.47. The summed E-state index contributed by atoms with van der Waals surface area (Å²) in [5.74, 6) is -4.72. The first-order valence-electron chi connectivity index (χ1n) is 20.2. The number of anilines is 1. The van der Waals surface area contributed by atoms with Crippen LogP contribution in [-0.4, -0.2) is 134 Å². The molecule has 0 spiro atoms. The van der Waals surface area contributed by atoms with Crippen LogP contribution in [0, 0.1) is 11.3 Å². The molecule has 21 nitrogen and oxygen atoms in total. The molecule has 340 valence electrons. The molecule has 0 aromatic heterocycles. The SMILES string of the molecule is C=C(C)[C@H](NC(=O)CCCCCN1C(=O)C=CC1=O)C(=O)N[C@@H](CCCNC(N)=O)C(=O)Nc1ccc(COC(=O)N(C=N)CCSC2=C(C(=O)O)N3C(=O)[C@H]([C@@H](C)O)[C@H]3C2)cc1. The number of urea groups is 1. The van der Waals surface area contributed by atoms with Gasteiger partial charge in [0, 0.05) is 61.0 Å². The van der Waals surface area contributed by atoms with E-state index in [4.69, 9.17) is 15.9 Å². The van der Waals surface area contributed by atoms with Crippen molar-refractivity contribution in [3.05, 3.63) is 64.7 Å². The number of hydrogen-bond donors (Lipinski definition) is 8. The first-order chi connectivity index (χ1) is 29.9. The summed E-state index contributed by atoms with van der Waals surface area (Å²) in [5, 5.41) is 37.8. The lowest BCUT2D eigenvalue weighted by atomic mass is 9.83. The van der Waals surface area contributed by atoms with Crippen molar-refractivity contribution in [3.63, 3.8) is 0 Å². The van der Waals surface area contributed by atoms with Crippen LogP contribution in [0.4, 0.5) is 15.3 Å². The molecule has 0 bridgehead atoms. The first-order valence-corrected chi connectivity index (χ1v) is 21.2. The van der Waals surface area contributed by atoms with Gasteiger partial charge in [-0.1, -0.05) is 25.1 Å². The number of benzene rings is 1. The number of unbranched alkanes of at least 4 members (excludes halogenated alkanes) is 2. The second kappa shape index (κ2) is 23.1. The number of carbonyl (C=O) groups is 9. The number of aliphatic hydroxyl groups excluding tert-OH is 1. The van der Waals surface area contributed by atoms with Crippen molar-refractivity contribution in [1.29, 1.82) is 5.41 Å². The standard InChI is InChI=1S/C41H53N9O12S/c1-23(2)34(47-30(52)9-5-4-6-17-49-31(53)14-15-32(49)54)37(56)46-27(8-7-16-44-40(43)60)36(55)45-26-12-10-25(11-13-26)21-62-41(61)48(22-42)18-19-63-29-20-28-33(24(3)51)38(57)50(28)35(29)39(58)59/h10-15,22,24,27-28,33-34,42,51H,1,4-9,16-21H2,2-3H3,(H,45,55)(H,46,56)(H,47,52)(H,58,59)(H3,43,44,60)/t24-,27+,28-,33-,34+/m1/s1. The summed E-state index contributed by atoms with van der Waals surface area (Å²) >= 11 is 1.14. The maximum atomic E-state index is 13.5. The number of aliphatic hydroxyl groups is 1. The van der Waals surface area contributed by atoms with Crippen LogP contribution in [0.25, 0.3) is 0 Å². The zero-order valence-corrected chi connectivity index (χ0v) is 35.7. The van der Waals surface area contributed by atoms with Crippen molar-refractivity contribution in [2.45, 2.75) is 89.6 Å². The van der Waals surface area contributed by atoms with Gasteiger partial charge in [0.1, 0.15) is 24.4 Å². The molecule has 3 aliphatic rings. The summed E-state index contributed by atoms with van der Waals surface area (Å²) in [6.45, 7) is 6.99. The average molecular weight is 896 g/mol. The zero-order chi connectivity index (χ0) is 46.4. The average Bonchev–Trinajstić information content (AvgIpc) is 3.73. The van der Waals surface area contributed by atoms with E-state index in [2.05, 4.69) is 27.8 Å². The number of rotatable bonds is 25. The number of primary amides is 1. The predicted molar refractivity (Wildman–Crippen MR) is 228 cm³/mol. The Hall–Kier alpha value is -6.55. The molecule has 0 unspecified atom stereocenters. The molecule has 1 fully saturated rings. The fourth-order valence-electron chi connectivity index (χ4n) is 7.05. The van der Waals surface area contributed by atoms with Crippen molar-refractivity contribution in [1.82, 2.24) is 30.7 Å². The Labute approximate surface area is 367 Å². The third kappa shape index (κ3) is 13.5. The van der Waals surface area contributed by atoms with Gasteiger partial charge in [-0.15, -0.1) is 11.8 Å². The van der Waals surface area contributed by atoms with E-state index in [0.717, 1.165) is 27.9 Å². The van der Waals surface area contributed by atoms with Gasteiger partial charge in [-0.05, 0) is 62.8 Å². The molecule has 63 heavy (non-hydrogen) atoms. The lowest BCUT2D eigenvalue weighted by Gasteiger charge is -2.44. The van der Waals surface area contributed by atoms with E-state index in [-0.39, 0.29) is 75.2 Å². The van der Waals surface area contributed by atoms with Crippen LogP contribution in [0.1, 0.15) is 64.4 Å². The maximum Gasteiger partial charge on any atom is 0.415 e. The van der Waals surface area contributed by atoms with Crippen molar-refractivity contribution < 1.29 is 58.1 Å². The molecule has 0 radical (unpaired) electrons. The summed E-state index contributed by atoms with van der Waals surface area (Å²) < 4.78 is 5.37. The van der Waals surface area contributed by atoms with Gasteiger partial charge in [0.2, 0.25) is 23.6 Å². The van der Waals surface area contributed by atoms with E-state index >= 15 is 0 Å². The van der Waals surface area contributed by atoms with Crippen LogP contribution < -0.4 is 27.0 Å². The fraction of sp³-hybridized carbons (Fsp3) is 0.463. The van der Waals surface area contributed by atoms with Crippen LogP contribution in [0.5, 0.6) is 0 Å². The monoisotopic (exact) mass is 895 g/mol. The van der Waals surface area contributed by atoms with Gasteiger partial charge in [-0.25, -0.2) is 14.4 Å². The molecule has 5 atom stereocenters. The molecule has 1 aromatic carbocycles. The summed E-state index contributed by atoms with van der Waals surface area (Å²) in [6.07, 6.45) is 3.53. The number of carboxylic acid groups (broad SMARTS) is 1. The lowest BCUT2D eigenvalue weighted by Crippen LogP contribution is -2.61. The number of carboxylic acids is 1. The minimum atomic E-state index is -1.27. The van der Waals surface area contributed by atoms with Gasteiger partial charge in [-0.3, -0.25) is 44.0 Å². The molecule has 9 N–H and O–H groups in total. The van der Waals surface area contributed by atoms with Crippen LogP contribution in [-0.2, 0) is 44.9 Å². The third-order valence-electron chi connectivity index (χ3n) is 10.3. The largest absolute Gasteiger partial charge is 0.477 e. The van der Waals surface area contributed by atoms with E-state index in [1.807, 2.05) is 0 Å². The number of carbonyl (C=O) groups excluding carboxylic acids is 8. The molecular formula is C41H53N9O12S. The Morgan fingerprint density at radius 2 is 1.71 bits per heavy atom. The number of aliphatic carboxylic acids is 1. The first kappa shape index (κ1) is 49.1. The summed E-state index contributed by atoms with van der Waals surface area (Å²) in [5.41, 5.74) is 6.18. The quantitative estimate of drug-likeness (QED) is 0.0172. The molecule has 3 heterocycles. The highest BCUT2D eigenvalue weighted by molar-refractivity contribution is 8.03. The van der Waals surface area contributed by atoms with Gasteiger partial charge in [-0.2, -0.15) is 0 Å². The van der Waals surface area contributed by atoms with Gasteiger partial charge in [0.05, 0.1) is 24.4 Å². The Kier molecular flexibility index (Phi) is 18.0. The van der Waals surface area contributed by atoms with Crippen molar-refractivity contribution in [3.8, 4) is 0 Å². The number of imide groups is 1. The Morgan fingerprint density at radius 1 is 1.03 bits per heavy atom. The number of nitrogens with two attached hydrogens (primary N) is 1. The number of thioether (sulfide) groups is 1. The summed E-state index contributed by atoms with van der Waals surface area (Å²) in [4.78, 5) is 115. The number of hydrogen-bond acceptors (Lipinski definition) is 13. The fourth-order valence-corrected chi connectivity index (χ4v) is 8.19. The summed E-state index contributed by atoms with van der Waals surface area (Å²) in [6, 6.07) is 2.74. The number of nitrogens with zero attached hydrogens (tertiary/aromatic N) is 3. The van der Waals surface area contributed by atoms with Crippen LogP contribution in [0.2, 0.25) is 0 Å². The second-order valence-electron chi connectivity index (χ2n) is 15.0. The molecule has 4 rings (SSSR count). The number of ether oxygens (including phenoxy) is 1. The Balaban J connectivity index is 1.26. The van der Waals surface area contributed by atoms with Gasteiger partial charge >= 0.3 is 18.1 Å².